The molecule has 0 saturated carbocycles. The van der Waals surface area contributed by atoms with Crippen LogP contribution in [0.15, 0.2) is 150 Å². The summed E-state index contributed by atoms with van der Waals surface area (Å²) in [5.74, 6) is 1.94. The highest BCUT2D eigenvalue weighted by Gasteiger charge is 2.17. The lowest BCUT2D eigenvalue weighted by atomic mass is 9.95. The molecule has 9 rings (SSSR count). The molecule has 45 heavy (non-hydrogen) atoms. The molecule has 210 valence electrons. The monoisotopic (exact) mass is 576 g/mol. The molecule has 9 aromatic rings. The van der Waals surface area contributed by atoms with Crippen molar-refractivity contribution in [2.24, 2.45) is 0 Å². The van der Waals surface area contributed by atoms with Gasteiger partial charge in [-0.15, -0.1) is 0 Å². The van der Waals surface area contributed by atoms with Gasteiger partial charge in [-0.25, -0.2) is 19.9 Å². The molecule has 5 nitrogen and oxygen atoms in total. The Morgan fingerprint density at radius 2 is 1.00 bits per heavy atom. The molecule has 0 fully saturated rings. The van der Waals surface area contributed by atoms with Crippen LogP contribution in [0.4, 0.5) is 0 Å². The largest absolute Gasteiger partial charge is 0.437 e. The Morgan fingerprint density at radius 3 is 1.71 bits per heavy atom. The van der Waals surface area contributed by atoms with Gasteiger partial charge in [0.2, 0.25) is 5.71 Å². The molecule has 6 aromatic carbocycles. The van der Waals surface area contributed by atoms with Gasteiger partial charge < -0.3 is 4.42 Å². The summed E-state index contributed by atoms with van der Waals surface area (Å²) >= 11 is 0. The molecule has 0 radical (unpaired) electrons. The van der Waals surface area contributed by atoms with Gasteiger partial charge in [0.1, 0.15) is 5.58 Å². The summed E-state index contributed by atoms with van der Waals surface area (Å²) in [6.45, 7) is 0. The summed E-state index contributed by atoms with van der Waals surface area (Å²) in [5, 5.41) is 6.67. The Bertz CT molecular complexity index is 2480. The molecule has 0 aliphatic rings. The highest BCUT2D eigenvalue weighted by atomic mass is 16.3. The van der Waals surface area contributed by atoms with Gasteiger partial charge in [-0.1, -0.05) is 109 Å². The minimum Gasteiger partial charge on any atom is -0.437 e. The molecule has 3 heterocycles. The second-order valence-electron chi connectivity index (χ2n) is 11.1. The minimum atomic E-state index is 0.639. The quantitative estimate of drug-likeness (QED) is 0.209. The summed E-state index contributed by atoms with van der Waals surface area (Å²) in [4.78, 5) is 19.2. The topological polar surface area (TPSA) is 64.7 Å². The zero-order chi connectivity index (χ0) is 29.7. The Morgan fingerprint density at radius 1 is 0.422 bits per heavy atom. The van der Waals surface area contributed by atoms with Crippen LogP contribution in [0.2, 0.25) is 0 Å². The van der Waals surface area contributed by atoms with Crippen LogP contribution < -0.4 is 0 Å². The molecule has 0 spiro atoms. The number of furan rings is 1. The first-order valence-electron chi connectivity index (χ1n) is 14.9. The maximum atomic E-state index is 6.40. The van der Waals surface area contributed by atoms with Gasteiger partial charge in [0.05, 0.1) is 0 Å². The molecular weight excluding hydrogens is 552 g/mol. The first kappa shape index (κ1) is 25.3. The predicted octanol–water partition coefficient (Wildman–Crippen LogP) is 10.1. The van der Waals surface area contributed by atoms with Crippen molar-refractivity contribution >= 4 is 43.6 Å². The van der Waals surface area contributed by atoms with Crippen LogP contribution >= 0.6 is 0 Å². The van der Waals surface area contributed by atoms with Gasteiger partial charge in [-0.05, 0) is 57.4 Å². The van der Waals surface area contributed by atoms with E-state index in [-0.39, 0.29) is 0 Å². The smallest absolute Gasteiger partial charge is 0.227 e. The maximum absolute atomic E-state index is 6.40. The number of pyridine rings is 1. The number of hydrogen-bond donors (Lipinski definition) is 0. The van der Waals surface area contributed by atoms with Crippen molar-refractivity contribution in [1.82, 2.24) is 19.9 Å². The third-order valence-electron chi connectivity index (χ3n) is 8.35. The first-order chi connectivity index (χ1) is 22.3. The number of benzene rings is 6. The van der Waals surface area contributed by atoms with E-state index in [0.717, 1.165) is 60.3 Å². The van der Waals surface area contributed by atoms with E-state index in [1.165, 1.54) is 5.39 Å². The molecule has 3 aromatic heterocycles. The van der Waals surface area contributed by atoms with Gasteiger partial charge in [0.25, 0.3) is 0 Å². The van der Waals surface area contributed by atoms with Crippen LogP contribution in [0.1, 0.15) is 0 Å². The van der Waals surface area contributed by atoms with Crippen LogP contribution in [-0.4, -0.2) is 19.9 Å². The van der Waals surface area contributed by atoms with E-state index in [1.807, 2.05) is 66.7 Å². The van der Waals surface area contributed by atoms with Crippen LogP contribution in [0.3, 0.4) is 0 Å². The third kappa shape index (κ3) is 4.33. The minimum absolute atomic E-state index is 0.639. The molecule has 0 unspecified atom stereocenters. The molecule has 0 aliphatic carbocycles. The second-order valence-corrected chi connectivity index (χ2v) is 11.1. The highest BCUT2D eigenvalue weighted by Crippen LogP contribution is 2.41. The standard InChI is InChI=1S/C40H24N4O/c1-3-10-25(11-4-1)37-42-38(26-12-5-2-6-13-26)44-39(43-37)31-20-18-27-22-30(19-17-28(27)23-31)34-24-29-14-7-8-15-32(29)35-33-16-9-21-41-40(33)45-36(34)35/h1-24H. The van der Waals surface area contributed by atoms with E-state index >= 15 is 0 Å². The average Bonchev–Trinajstić information content (AvgIpc) is 3.51. The molecule has 5 heteroatoms. The van der Waals surface area contributed by atoms with Crippen LogP contribution in [0.5, 0.6) is 0 Å². The van der Waals surface area contributed by atoms with E-state index in [0.29, 0.717) is 23.2 Å². The van der Waals surface area contributed by atoms with Crippen molar-refractivity contribution in [2.45, 2.75) is 0 Å². The molecule has 0 saturated heterocycles. The summed E-state index contributed by atoms with van der Waals surface area (Å²) in [5.41, 5.74) is 6.47. The zero-order valence-corrected chi connectivity index (χ0v) is 24.1. The van der Waals surface area contributed by atoms with Crippen molar-refractivity contribution in [2.75, 3.05) is 0 Å². The number of aromatic nitrogens is 4. The lowest BCUT2D eigenvalue weighted by Crippen LogP contribution is -2.00. The highest BCUT2D eigenvalue weighted by molar-refractivity contribution is 6.22. The third-order valence-corrected chi connectivity index (χ3v) is 8.35. The van der Waals surface area contributed by atoms with Crippen LogP contribution in [0, 0.1) is 0 Å². The Balaban J connectivity index is 1.19. The van der Waals surface area contributed by atoms with E-state index in [4.69, 9.17) is 19.4 Å². The van der Waals surface area contributed by atoms with Crippen molar-refractivity contribution in [1.29, 1.82) is 0 Å². The van der Waals surface area contributed by atoms with Crippen LogP contribution in [-0.2, 0) is 0 Å². The first-order valence-corrected chi connectivity index (χ1v) is 14.9. The molecule has 0 N–H and O–H groups in total. The summed E-state index contributed by atoms with van der Waals surface area (Å²) in [6.07, 6.45) is 1.78. The molecule has 0 aliphatic heterocycles. The molecule has 0 bridgehead atoms. The van der Waals surface area contributed by atoms with Gasteiger partial charge in [-0.2, -0.15) is 0 Å². The average molecular weight is 577 g/mol. The SMILES string of the molecule is c1ccc(-c2nc(-c3ccccc3)nc(-c3ccc4cc(-c5cc6ccccc6c6c5oc5ncccc56)ccc4c3)n2)cc1. The Kier molecular flexibility index (Phi) is 5.74. The summed E-state index contributed by atoms with van der Waals surface area (Å²) in [7, 11) is 0. The van der Waals surface area contributed by atoms with E-state index in [2.05, 4.69) is 77.8 Å². The lowest BCUT2D eigenvalue weighted by molar-refractivity contribution is 0.655. The fraction of sp³-hybridized carbons (Fsp3) is 0. The number of rotatable bonds is 4. The normalized spacial score (nSPS) is 11.6. The predicted molar refractivity (Wildman–Crippen MR) is 182 cm³/mol. The second kappa shape index (κ2) is 10.2. The van der Waals surface area contributed by atoms with E-state index < -0.39 is 0 Å². The summed E-state index contributed by atoms with van der Waals surface area (Å²) in [6, 6.07) is 47.7. The fourth-order valence-corrected chi connectivity index (χ4v) is 6.17. The van der Waals surface area contributed by atoms with E-state index in [9.17, 15) is 0 Å². The zero-order valence-electron chi connectivity index (χ0n) is 24.1. The fourth-order valence-electron chi connectivity index (χ4n) is 6.17. The molecule has 0 atom stereocenters. The van der Waals surface area contributed by atoms with Crippen molar-refractivity contribution < 1.29 is 4.42 Å². The number of fused-ring (bicyclic) bond motifs is 6. The van der Waals surface area contributed by atoms with Crippen LogP contribution in [0.25, 0.3) is 88.9 Å². The number of nitrogens with zero attached hydrogens (tertiary/aromatic N) is 4. The van der Waals surface area contributed by atoms with Gasteiger partial charge >= 0.3 is 0 Å². The Labute approximate surface area is 258 Å². The number of hydrogen-bond acceptors (Lipinski definition) is 5. The van der Waals surface area contributed by atoms with E-state index in [1.54, 1.807) is 6.20 Å². The van der Waals surface area contributed by atoms with Gasteiger partial charge in [0.15, 0.2) is 17.5 Å². The van der Waals surface area contributed by atoms with Crippen molar-refractivity contribution in [3.63, 3.8) is 0 Å². The van der Waals surface area contributed by atoms with Crippen molar-refractivity contribution in [3.8, 4) is 45.3 Å². The molecular formula is C40H24N4O. The Hall–Kier alpha value is -6.20. The van der Waals surface area contributed by atoms with Gasteiger partial charge in [0, 0.05) is 39.2 Å². The molecule has 0 amide bonds. The lowest BCUT2D eigenvalue weighted by Gasteiger charge is -2.10. The summed E-state index contributed by atoms with van der Waals surface area (Å²) < 4.78 is 6.40. The van der Waals surface area contributed by atoms with Gasteiger partial charge in [-0.3, -0.25) is 0 Å². The maximum Gasteiger partial charge on any atom is 0.227 e. The van der Waals surface area contributed by atoms with Crippen molar-refractivity contribution in [3.05, 3.63) is 146 Å².